The zero-order valence-electron chi connectivity index (χ0n) is 11.4. The first kappa shape index (κ1) is 13.7. The summed E-state index contributed by atoms with van der Waals surface area (Å²) in [5.74, 6) is 0.851. The van der Waals surface area contributed by atoms with Crippen LogP contribution in [0.25, 0.3) is 11.3 Å². The lowest BCUT2D eigenvalue weighted by Crippen LogP contribution is -2.17. The molecule has 0 aliphatic rings. The quantitative estimate of drug-likeness (QED) is 0.811. The number of aromatic nitrogens is 1. The highest BCUT2D eigenvalue weighted by molar-refractivity contribution is 5.58. The van der Waals surface area contributed by atoms with Crippen LogP contribution in [0.3, 0.4) is 0 Å². The second-order valence-corrected chi connectivity index (χ2v) is 4.60. The van der Waals surface area contributed by atoms with E-state index < -0.39 is 0 Å². The predicted octanol–water partition coefficient (Wildman–Crippen LogP) is 3.33. The number of hydrogen-bond donors (Lipinski definition) is 1. The fourth-order valence-corrected chi connectivity index (χ4v) is 1.88. The van der Waals surface area contributed by atoms with Crippen LogP contribution in [0.1, 0.15) is 24.8 Å². The maximum atomic E-state index is 13.7. The van der Waals surface area contributed by atoms with Crippen LogP contribution < -0.4 is 5.32 Å². The first-order chi connectivity index (χ1) is 9.20. The monoisotopic (exact) mass is 262 g/mol. The Hall–Kier alpha value is -1.68. The highest BCUT2D eigenvalue weighted by Crippen LogP contribution is 2.24. The van der Waals surface area contributed by atoms with Gasteiger partial charge in [0.15, 0.2) is 11.7 Å². The summed E-state index contributed by atoms with van der Waals surface area (Å²) in [5, 5.41) is 3.28. The number of hydrogen-bond acceptors (Lipinski definition) is 3. The van der Waals surface area contributed by atoms with Gasteiger partial charge in [-0.1, -0.05) is 18.6 Å². The summed E-state index contributed by atoms with van der Waals surface area (Å²) < 4.78 is 19.3. The number of oxazole rings is 1. The van der Waals surface area contributed by atoms with Crippen LogP contribution in [-0.2, 0) is 6.42 Å². The van der Waals surface area contributed by atoms with Gasteiger partial charge >= 0.3 is 0 Å². The van der Waals surface area contributed by atoms with Gasteiger partial charge in [0.25, 0.3) is 0 Å². The van der Waals surface area contributed by atoms with Gasteiger partial charge in [0, 0.05) is 13.0 Å². The number of rotatable bonds is 6. The van der Waals surface area contributed by atoms with Gasteiger partial charge in [-0.25, -0.2) is 9.37 Å². The van der Waals surface area contributed by atoms with Gasteiger partial charge in [0.05, 0.1) is 11.8 Å². The van der Waals surface area contributed by atoms with E-state index in [0.717, 1.165) is 25.1 Å². The predicted molar refractivity (Wildman–Crippen MR) is 73.5 cm³/mol. The summed E-state index contributed by atoms with van der Waals surface area (Å²) in [7, 11) is 0. The van der Waals surface area contributed by atoms with Crippen LogP contribution in [0.2, 0.25) is 0 Å². The second kappa shape index (κ2) is 6.48. The Balaban J connectivity index is 2.06. The zero-order chi connectivity index (χ0) is 13.7. The standard InChI is InChI=1S/C15H19FN2O/c1-3-7-17-8-6-15-18-10-14(19-15)12-9-11(2)4-5-13(12)16/h4-5,9-10,17H,3,6-8H2,1-2H3. The molecule has 0 atom stereocenters. The lowest BCUT2D eigenvalue weighted by atomic mass is 10.1. The van der Waals surface area contributed by atoms with Crippen molar-refractivity contribution < 1.29 is 8.81 Å². The molecule has 0 aliphatic carbocycles. The molecule has 0 unspecified atom stereocenters. The molecule has 19 heavy (non-hydrogen) atoms. The van der Waals surface area contributed by atoms with E-state index in [1.54, 1.807) is 18.3 Å². The lowest BCUT2D eigenvalue weighted by molar-refractivity contribution is 0.491. The van der Waals surface area contributed by atoms with Crippen LogP contribution in [0, 0.1) is 12.7 Å². The molecule has 0 fully saturated rings. The third kappa shape index (κ3) is 3.64. The van der Waals surface area contributed by atoms with Crippen LogP contribution >= 0.6 is 0 Å². The largest absolute Gasteiger partial charge is 0.441 e. The number of benzene rings is 1. The molecular weight excluding hydrogens is 243 g/mol. The zero-order valence-corrected chi connectivity index (χ0v) is 11.4. The van der Waals surface area contributed by atoms with E-state index in [0.29, 0.717) is 23.6 Å². The normalized spacial score (nSPS) is 10.9. The van der Waals surface area contributed by atoms with Gasteiger partial charge in [0.2, 0.25) is 0 Å². The Morgan fingerprint density at radius 3 is 2.95 bits per heavy atom. The van der Waals surface area contributed by atoms with Crippen molar-refractivity contribution in [1.82, 2.24) is 10.3 Å². The van der Waals surface area contributed by atoms with Crippen molar-refractivity contribution >= 4 is 0 Å². The Bertz CT molecular complexity index is 537. The molecule has 0 bridgehead atoms. The lowest BCUT2D eigenvalue weighted by Gasteiger charge is -2.01. The average molecular weight is 262 g/mol. The van der Waals surface area contributed by atoms with Crippen molar-refractivity contribution in [3.63, 3.8) is 0 Å². The first-order valence-electron chi connectivity index (χ1n) is 6.62. The Labute approximate surface area is 112 Å². The molecule has 0 saturated carbocycles. The second-order valence-electron chi connectivity index (χ2n) is 4.60. The van der Waals surface area contributed by atoms with E-state index in [-0.39, 0.29) is 5.82 Å². The molecule has 0 amide bonds. The number of nitrogens with one attached hydrogen (secondary N) is 1. The number of nitrogens with zero attached hydrogens (tertiary/aromatic N) is 1. The van der Waals surface area contributed by atoms with Gasteiger partial charge in [-0.3, -0.25) is 0 Å². The first-order valence-corrected chi connectivity index (χ1v) is 6.62. The van der Waals surface area contributed by atoms with Gasteiger partial charge in [-0.15, -0.1) is 0 Å². The third-order valence-electron chi connectivity index (χ3n) is 2.88. The average Bonchev–Trinajstić information content (AvgIpc) is 2.86. The fraction of sp³-hybridized carbons (Fsp3) is 0.400. The van der Waals surface area contributed by atoms with Gasteiger partial charge in [0.1, 0.15) is 5.82 Å². The van der Waals surface area contributed by atoms with E-state index in [4.69, 9.17) is 4.42 Å². The smallest absolute Gasteiger partial charge is 0.196 e. The summed E-state index contributed by atoms with van der Waals surface area (Å²) in [6.07, 6.45) is 3.41. The molecule has 4 heteroatoms. The maximum absolute atomic E-state index is 13.7. The maximum Gasteiger partial charge on any atom is 0.196 e. The third-order valence-corrected chi connectivity index (χ3v) is 2.88. The van der Waals surface area contributed by atoms with E-state index in [2.05, 4.69) is 17.2 Å². The molecule has 0 spiro atoms. The van der Waals surface area contributed by atoms with Crippen molar-refractivity contribution in [2.75, 3.05) is 13.1 Å². The molecular formula is C15H19FN2O. The summed E-state index contributed by atoms with van der Waals surface area (Å²) in [6, 6.07) is 4.97. The summed E-state index contributed by atoms with van der Waals surface area (Å²) in [4.78, 5) is 4.19. The molecule has 1 aromatic heterocycles. The van der Waals surface area contributed by atoms with Crippen molar-refractivity contribution in [2.24, 2.45) is 0 Å². The Kier molecular flexibility index (Phi) is 4.68. The van der Waals surface area contributed by atoms with Crippen molar-refractivity contribution in [2.45, 2.75) is 26.7 Å². The van der Waals surface area contributed by atoms with E-state index >= 15 is 0 Å². The van der Waals surface area contributed by atoms with Gasteiger partial charge < -0.3 is 9.73 Å². The van der Waals surface area contributed by atoms with Crippen LogP contribution in [0.4, 0.5) is 4.39 Å². The van der Waals surface area contributed by atoms with Crippen molar-refractivity contribution in [1.29, 1.82) is 0 Å². The minimum absolute atomic E-state index is 0.280. The topological polar surface area (TPSA) is 38.1 Å². The van der Waals surface area contributed by atoms with Crippen LogP contribution in [0.15, 0.2) is 28.8 Å². The number of halogens is 1. The molecule has 1 heterocycles. The van der Waals surface area contributed by atoms with Crippen LogP contribution in [-0.4, -0.2) is 18.1 Å². The molecule has 0 saturated heterocycles. The molecule has 3 nitrogen and oxygen atoms in total. The van der Waals surface area contributed by atoms with E-state index in [9.17, 15) is 4.39 Å². The van der Waals surface area contributed by atoms with Crippen LogP contribution in [0.5, 0.6) is 0 Å². The summed E-state index contributed by atoms with van der Waals surface area (Å²) in [5.41, 5.74) is 1.47. The van der Waals surface area contributed by atoms with Crippen molar-refractivity contribution in [3.8, 4) is 11.3 Å². The summed E-state index contributed by atoms with van der Waals surface area (Å²) >= 11 is 0. The minimum Gasteiger partial charge on any atom is -0.441 e. The highest BCUT2D eigenvalue weighted by atomic mass is 19.1. The molecule has 2 rings (SSSR count). The molecule has 0 radical (unpaired) electrons. The molecule has 1 aromatic carbocycles. The summed E-state index contributed by atoms with van der Waals surface area (Å²) in [6.45, 7) is 5.86. The molecule has 2 aromatic rings. The Morgan fingerprint density at radius 2 is 2.16 bits per heavy atom. The Morgan fingerprint density at radius 1 is 1.32 bits per heavy atom. The van der Waals surface area contributed by atoms with E-state index in [1.807, 2.05) is 6.92 Å². The highest BCUT2D eigenvalue weighted by Gasteiger charge is 2.11. The molecule has 0 aliphatic heterocycles. The van der Waals surface area contributed by atoms with Gasteiger partial charge in [-0.2, -0.15) is 0 Å². The molecule has 102 valence electrons. The van der Waals surface area contributed by atoms with Crippen molar-refractivity contribution in [3.05, 3.63) is 41.7 Å². The van der Waals surface area contributed by atoms with Gasteiger partial charge in [-0.05, 0) is 32.0 Å². The minimum atomic E-state index is -0.280. The number of aryl methyl sites for hydroxylation is 1. The molecule has 1 N–H and O–H groups in total. The van der Waals surface area contributed by atoms with E-state index in [1.165, 1.54) is 6.07 Å². The fourth-order valence-electron chi connectivity index (χ4n) is 1.88. The SMILES string of the molecule is CCCNCCc1ncc(-c2cc(C)ccc2F)o1.